The molecule has 0 aliphatic heterocycles. The molecule has 0 aromatic rings. The van der Waals surface area contributed by atoms with Gasteiger partial charge in [-0.25, -0.2) is 14.6 Å². The molecule has 5 heteroatoms. The van der Waals surface area contributed by atoms with Gasteiger partial charge < -0.3 is 4.74 Å². The fourth-order valence-corrected chi connectivity index (χ4v) is 0.827. The van der Waals surface area contributed by atoms with Gasteiger partial charge in [-0.2, -0.15) is 4.99 Å². The summed E-state index contributed by atoms with van der Waals surface area (Å²) in [7, 11) is 0. The van der Waals surface area contributed by atoms with E-state index in [9.17, 15) is 9.59 Å². The molecule has 0 aliphatic carbocycles. The average molecular weight is 184 g/mol. The van der Waals surface area contributed by atoms with E-state index in [0.717, 1.165) is 0 Å². The zero-order chi connectivity index (χ0) is 9.94. The third-order valence-corrected chi connectivity index (χ3v) is 1.34. The van der Waals surface area contributed by atoms with Crippen LogP contribution < -0.4 is 0 Å². The summed E-state index contributed by atoms with van der Waals surface area (Å²) in [6, 6.07) is 0. The van der Waals surface area contributed by atoms with Crippen LogP contribution in [-0.4, -0.2) is 31.5 Å². The summed E-state index contributed by atoms with van der Waals surface area (Å²) in [5.74, 6) is 0. The lowest BCUT2D eigenvalue weighted by atomic mass is 10.3. The number of aliphatic imine (C=N–C) groups is 2. The molecule has 72 valence electrons. The van der Waals surface area contributed by atoms with Crippen molar-refractivity contribution in [1.29, 1.82) is 0 Å². The molecule has 0 radical (unpaired) electrons. The molecule has 0 saturated heterocycles. The lowest BCUT2D eigenvalue weighted by Crippen LogP contribution is -2.10. The maximum atomic E-state index is 9.92. The SMILES string of the molecule is CCOC(CCCN=C=O)N=C=O. The maximum absolute atomic E-state index is 9.92. The number of hydrogen-bond donors (Lipinski definition) is 0. The predicted octanol–water partition coefficient (Wildman–Crippen LogP) is 0.801. The summed E-state index contributed by atoms with van der Waals surface area (Å²) in [5.41, 5.74) is 0. The van der Waals surface area contributed by atoms with Crippen molar-refractivity contribution in [3.8, 4) is 0 Å². The Hall–Kier alpha value is -1.28. The molecule has 0 aromatic heterocycles. The van der Waals surface area contributed by atoms with Crippen LogP contribution in [0.25, 0.3) is 0 Å². The Balaban J connectivity index is 3.67. The lowest BCUT2D eigenvalue weighted by Gasteiger charge is -2.08. The second-order valence-corrected chi connectivity index (χ2v) is 2.25. The van der Waals surface area contributed by atoms with Gasteiger partial charge in [-0.15, -0.1) is 0 Å². The molecule has 0 amide bonds. The van der Waals surface area contributed by atoms with E-state index < -0.39 is 6.23 Å². The lowest BCUT2D eigenvalue weighted by molar-refractivity contribution is 0.0625. The third-order valence-electron chi connectivity index (χ3n) is 1.34. The molecule has 0 heterocycles. The van der Waals surface area contributed by atoms with Crippen LogP contribution >= 0.6 is 0 Å². The van der Waals surface area contributed by atoms with Gasteiger partial charge in [0.1, 0.15) is 0 Å². The van der Waals surface area contributed by atoms with Crippen molar-refractivity contribution in [2.45, 2.75) is 26.0 Å². The van der Waals surface area contributed by atoms with Crippen molar-refractivity contribution in [2.75, 3.05) is 13.2 Å². The maximum Gasteiger partial charge on any atom is 0.237 e. The van der Waals surface area contributed by atoms with Crippen molar-refractivity contribution in [2.24, 2.45) is 9.98 Å². The molecule has 0 saturated carbocycles. The molecule has 0 aliphatic rings. The van der Waals surface area contributed by atoms with Gasteiger partial charge in [0.15, 0.2) is 6.23 Å². The minimum absolute atomic E-state index is 0.390. The molecule has 1 atom stereocenters. The summed E-state index contributed by atoms with van der Waals surface area (Å²) in [5, 5.41) is 0. The first-order chi connectivity index (χ1) is 6.35. The molecule has 13 heavy (non-hydrogen) atoms. The van der Waals surface area contributed by atoms with E-state index in [1.807, 2.05) is 6.92 Å². The highest BCUT2D eigenvalue weighted by molar-refractivity contribution is 5.33. The Morgan fingerprint density at radius 3 is 2.69 bits per heavy atom. The smallest absolute Gasteiger partial charge is 0.237 e. The van der Waals surface area contributed by atoms with E-state index in [-0.39, 0.29) is 0 Å². The predicted molar refractivity (Wildman–Crippen MR) is 45.8 cm³/mol. The Morgan fingerprint density at radius 2 is 2.15 bits per heavy atom. The summed E-state index contributed by atoms with van der Waals surface area (Å²) >= 11 is 0. The van der Waals surface area contributed by atoms with Crippen LogP contribution in [0.15, 0.2) is 9.98 Å². The van der Waals surface area contributed by atoms with Crippen LogP contribution in [-0.2, 0) is 14.3 Å². The largest absolute Gasteiger partial charge is 0.356 e. The van der Waals surface area contributed by atoms with Crippen LogP contribution in [0.3, 0.4) is 0 Å². The van der Waals surface area contributed by atoms with Gasteiger partial charge >= 0.3 is 0 Å². The van der Waals surface area contributed by atoms with E-state index in [4.69, 9.17) is 4.74 Å². The minimum atomic E-state index is -0.454. The summed E-state index contributed by atoms with van der Waals surface area (Å²) in [6.07, 6.45) is 3.62. The van der Waals surface area contributed by atoms with Crippen LogP contribution in [0.2, 0.25) is 0 Å². The van der Waals surface area contributed by atoms with Crippen molar-refractivity contribution >= 4 is 12.2 Å². The Labute approximate surface area is 76.5 Å². The molecule has 5 nitrogen and oxygen atoms in total. The van der Waals surface area contributed by atoms with Crippen LogP contribution in [0, 0.1) is 0 Å². The fourth-order valence-electron chi connectivity index (χ4n) is 0.827. The van der Waals surface area contributed by atoms with Crippen molar-refractivity contribution in [3.63, 3.8) is 0 Å². The summed E-state index contributed by atoms with van der Waals surface area (Å²) in [6.45, 7) is 2.70. The van der Waals surface area contributed by atoms with E-state index in [1.54, 1.807) is 0 Å². The van der Waals surface area contributed by atoms with Crippen molar-refractivity contribution < 1.29 is 14.3 Å². The van der Waals surface area contributed by atoms with Gasteiger partial charge in [-0.05, 0) is 19.8 Å². The topological polar surface area (TPSA) is 68.1 Å². The molecular weight excluding hydrogens is 172 g/mol. The summed E-state index contributed by atoms with van der Waals surface area (Å²) < 4.78 is 5.09. The highest BCUT2D eigenvalue weighted by atomic mass is 16.5. The average Bonchev–Trinajstić information content (AvgIpc) is 2.13. The van der Waals surface area contributed by atoms with Gasteiger partial charge in [0.2, 0.25) is 12.2 Å². The van der Waals surface area contributed by atoms with Gasteiger partial charge in [0, 0.05) is 6.61 Å². The van der Waals surface area contributed by atoms with Gasteiger partial charge in [0.05, 0.1) is 6.54 Å². The first kappa shape index (κ1) is 11.7. The zero-order valence-corrected chi connectivity index (χ0v) is 7.52. The normalized spacial score (nSPS) is 11.2. The molecule has 0 N–H and O–H groups in total. The number of carbonyl (C=O) groups excluding carboxylic acids is 2. The Kier molecular flexibility index (Phi) is 7.95. The van der Waals surface area contributed by atoms with Crippen molar-refractivity contribution in [3.05, 3.63) is 0 Å². The zero-order valence-electron chi connectivity index (χ0n) is 7.52. The molecule has 1 unspecified atom stereocenters. The number of hydrogen-bond acceptors (Lipinski definition) is 5. The standard InChI is InChI=1S/C8H12N2O3/c1-2-13-8(10-7-12)4-3-5-9-6-11/h8H,2-5H2,1H3. The van der Waals surface area contributed by atoms with E-state index in [1.165, 1.54) is 12.2 Å². The van der Waals surface area contributed by atoms with Crippen LogP contribution in [0.4, 0.5) is 0 Å². The van der Waals surface area contributed by atoms with E-state index in [2.05, 4.69) is 9.98 Å². The molecule has 0 spiro atoms. The highest BCUT2D eigenvalue weighted by Gasteiger charge is 2.04. The Morgan fingerprint density at radius 1 is 1.38 bits per heavy atom. The fraction of sp³-hybridized carbons (Fsp3) is 0.750. The first-order valence-electron chi connectivity index (χ1n) is 4.07. The van der Waals surface area contributed by atoms with E-state index >= 15 is 0 Å². The number of isocyanates is 2. The first-order valence-corrected chi connectivity index (χ1v) is 4.07. The number of rotatable bonds is 7. The van der Waals surface area contributed by atoms with Gasteiger partial charge in [0.25, 0.3) is 0 Å². The summed E-state index contributed by atoms with van der Waals surface area (Å²) in [4.78, 5) is 26.4. The second-order valence-electron chi connectivity index (χ2n) is 2.25. The quantitative estimate of drug-likeness (QED) is 0.334. The molecule has 0 bridgehead atoms. The second kappa shape index (κ2) is 8.81. The highest BCUT2D eigenvalue weighted by Crippen LogP contribution is 2.03. The van der Waals surface area contributed by atoms with E-state index in [0.29, 0.717) is 26.0 Å². The van der Waals surface area contributed by atoms with Crippen LogP contribution in [0.5, 0.6) is 0 Å². The third kappa shape index (κ3) is 7.09. The van der Waals surface area contributed by atoms with Crippen molar-refractivity contribution in [1.82, 2.24) is 0 Å². The van der Waals surface area contributed by atoms with Gasteiger partial charge in [-0.3, -0.25) is 0 Å². The Bertz CT molecular complexity index is 217. The minimum Gasteiger partial charge on any atom is -0.356 e. The molecular formula is C8H12N2O3. The number of nitrogens with zero attached hydrogens (tertiary/aromatic N) is 2. The molecule has 0 aromatic carbocycles. The van der Waals surface area contributed by atoms with Crippen LogP contribution in [0.1, 0.15) is 19.8 Å². The molecule has 0 rings (SSSR count). The monoisotopic (exact) mass is 184 g/mol. The number of ether oxygens (including phenoxy) is 1. The van der Waals surface area contributed by atoms with Gasteiger partial charge in [-0.1, -0.05) is 0 Å². The molecule has 0 fully saturated rings.